The maximum absolute atomic E-state index is 12.6. The van der Waals surface area contributed by atoms with Gasteiger partial charge in [0, 0.05) is 30.5 Å². The van der Waals surface area contributed by atoms with Crippen molar-refractivity contribution in [1.82, 2.24) is 0 Å². The fourth-order valence-electron chi connectivity index (χ4n) is 3.35. The first-order chi connectivity index (χ1) is 14.4. The Morgan fingerprint density at radius 2 is 1.77 bits per heavy atom. The van der Waals surface area contributed by atoms with Crippen LogP contribution in [-0.2, 0) is 19.6 Å². The maximum atomic E-state index is 12.6. The summed E-state index contributed by atoms with van der Waals surface area (Å²) in [6.45, 7) is 2.76. The molecule has 1 saturated heterocycles. The van der Waals surface area contributed by atoms with Gasteiger partial charge < -0.3 is 24.4 Å². The number of anilines is 3. The number of amides is 1. The van der Waals surface area contributed by atoms with Gasteiger partial charge in [-0.2, -0.15) is 0 Å². The van der Waals surface area contributed by atoms with Crippen LogP contribution in [-0.4, -0.2) is 60.2 Å². The molecule has 0 saturated carbocycles. The van der Waals surface area contributed by atoms with Crippen molar-refractivity contribution in [3.8, 4) is 11.5 Å². The van der Waals surface area contributed by atoms with Gasteiger partial charge in [0.2, 0.25) is 22.7 Å². The Bertz CT molecular complexity index is 1020. The van der Waals surface area contributed by atoms with Crippen LogP contribution in [0.15, 0.2) is 42.5 Å². The van der Waals surface area contributed by atoms with Crippen molar-refractivity contribution in [1.29, 1.82) is 0 Å². The van der Waals surface area contributed by atoms with Gasteiger partial charge in [0.25, 0.3) is 0 Å². The lowest BCUT2D eigenvalue weighted by atomic mass is 10.2. The lowest BCUT2D eigenvalue weighted by Crippen LogP contribution is -2.37. The molecular weight excluding hydrogens is 410 g/mol. The molecule has 1 amide bonds. The lowest BCUT2D eigenvalue weighted by molar-refractivity contribution is -0.114. The molecule has 0 unspecified atom stereocenters. The second-order valence-electron chi connectivity index (χ2n) is 7.00. The summed E-state index contributed by atoms with van der Waals surface area (Å²) in [7, 11) is -3.69. The number of sulfonamides is 1. The Morgan fingerprint density at radius 1 is 1.07 bits per heavy atom. The third-order valence-corrected chi connectivity index (χ3v) is 6.00. The van der Waals surface area contributed by atoms with Gasteiger partial charge in [-0.1, -0.05) is 0 Å². The molecule has 2 aromatic rings. The first-order valence-corrected chi connectivity index (χ1v) is 11.3. The first-order valence-electron chi connectivity index (χ1n) is 9.50. The highest BCUT2D eigenvalue weighted by molar-refractivity contribution is 7.92. The summed E-state index contributed by atoms with van der Waals surface area (Å²) in [6, 6.07) is 12.2. The van der Waals surface area contributed by atoms with Crippen molar-refractivity contribution in [3.05, 3.63) is 42.5 Å². The highest BCUT2D eigenvalue weighted by Gasteiger charge is 2.24. The van der Waals surface area contributed by atoms with E-state index in [9.17, 15) is 13.2 Å². The first kappa shape index (κ1) is 20.3. The zero-order valence-electron chi connectivity index (χ0n) is 16.5. The van der Waals surface area contributed by atoms with E-state index in [1.807, 2.05) is 12.1 Å². The number of nitrogens with zero attached hydrogens (tertiary/aromatic N) is 2. The molecule has 0 aromatic heterocycles. The molecule has 9 nitrogen and oxygen atoms in total. The standard InChI is InChI=1S/C20H23N3O6S/c1-30(25,26)23(17-6-7-18-19(12-17)29-14-28-18)13-20(24)21-15-2-4-16(5-3-15)22-8-10-27-11-9-22/h2-7,12H,8-11,13-14H2,1H3,(H,21,24). The third kappa shape index (κ3) is 4.60. The van der Waals surface area contributed by atoms with Gasteiger partial charge in [0.15, 0.2) is 11.5 Å². The Balaban J connectivity index is 1.44. The van der Waals surface area contributed by atoms with Crippen LogP contribution in [0, 0.1) is 0 Å². The van der Waals surface area contributed by atoms with E-state index in [0.29, 0.717) is 36.1 Å². The number of carbonyl (C=O) groups is 1. The summed E-state index contributed by atoms with van der Waals surface area (Å²) < 4.78 is 41.5. The average Bonchev–Trinajstić information content (AvgIpc) is 3.20. The number of ether oxygens (including phenoxy) is 3. The Kier molecular flexibility index (Phi) is 5.69. The summed E-state index contributed by atoms with van der Waals surface area (Å²) in [4.78, 5) is 14.8. The van der Waals surface area contributed by atoms with Crippen molar-refractivity contribution >= 4 is 33.0 Å². The Labute approximate surface area is 175 Å². The van der Waals surface area contributed by atoms with Gasteiger partial charge in [-0.05, 0) is 36.4 Å². The zero-order chi connectivity index (χ0) is 21.1. The van der Waals surface area contributed by atoms with Crippen molar-refractivity contribution in [2.45, 2.75) is 0 Å². The fraction of sp³-hybridized carbons (Fsp3) is 0.350. The van der Waals surface area contributed by atoms with Crippen molar-refractivity contribution in [2.75, 3.05) is 60.4 Å². The number of rotatable bonds is 6. The molecule has 2 aromatic carbocycles. The van der Waals surface area contributed by atoms with Crippen LogP contribution >= 0.6 is 0 Å². The van der Waals surface area contributed by atoms with Gasteiger partial charge in [-0.25, -0.2) is 8.42 Å². The highest BCUT2D eigenvalue weighted by atomic mass is 32.2. The summed E-state index contributed by atoms with van der Waals surface area (Å²) in [6.07, 6.45) is 1.06. The number of nitrogens with one attached hydrogen (secondary N) is 1. The Hall–Kier alpha value is -2.98. The fourth-order valence-corrected chi connectivity index (χ4v) is 4.20. The summed E-state index contributed by atoms with van der Waals surface area (Å²) in [5.74, 6) is 0.537. The molecule has 0 radical (unpaired) electrons. The van der Waals surface area contributed by atoms with E-state index in [0.717, 1.165) is 29.3 Å². The van der Waals surface area contributed by atoms with E-state index in [-0.39, 0.29) is 13.3 Å². The minimum atomic E-state index is -3.69. The summed E-state index contributed by atoms with van der Waals surface area (Å²) >= 11 is 0. The molecule has 2 aliphatic rings. The number of hydrogen-bond donors (Lipinski definition) is 1. The zero-order valence-corrected chi connectivity index (χ0v) is 17.4. The minimum absolute atomic E-state index is 0.0819. The predicted molar refractivity (Wildman–Crippen MR) is 113 cm³/mol. The normalized spacial score (nSPS) is 15.7. The molecule has 1 N–H and O–H groups in total. The van der Waals surface area contributed by atoms with Crippen LogP contribution in [0.3, 0.4) is 0 Å². The van der Waals surface area contributed by atoms with E-state index >= 15 is 0 Å². The molecule has 0 bridgehead atoms. The van der Waals surface area contributed by atoms with E-state index < -0.39 is 15.9 Å². The maximum Gasteiger partial charge on any atom is 0.245 e. The van der Waals surface area contributed by atoms with Crippen LogP contribution in [0.2, 0.25) is 0 Å². The molecule has 0 spiro atoms. The number of fused-ring (bicyclic) bond motifs is 1. The van der Waals surface area contributed by atoms with Crippen LogP contribution in [0.1, 0.15) is 0 Å². The van der Waals surface area contributed by atoms with Gasteiger partial charge in [0.05, 0.1) is 25.2 Å². The second kappa shape index (κ2) is 8.41. The quantitative estimate of drug-likeness (QED) is 0.740. The highest BCUT2D eigenvalue weighted by Crippen LogP contribution is 2.36. The molecule has 4 rings (SSSR count). The van der Waals surface area contributed by atoms with E-state index in [1.54, 1.807) is 30.3 Å². The van der Waals surface area contributed by atoms with Gasteiger partial charge >= 0.3 is 0 Å². The number of benzene rings is 2. The summed E-state index contributed by atoms with van der Waals surface area (Å²) in [5, 5.41) is 2.75. The minimum Gasteiger partial charge on any atom is -0.454 e. The molecular formula is C20H23N3O6S. The molecule has 0 aliphatic carbocycles. The number of carbonyl (C=O) groups excluding carboxylic acids is 1. The van der Waals surface area contributed by atoms with Crippen molar-refractivity contribution in [3.63, 3.8) is 0 Å². The molecule has 10 heteroatoms. The topological polar surface area (TPSA) is 97.4 Å². The van der Waals surface area contributed by atoms with Crippen molar-refractivity contribution < 1.29 is 27.4 Å². The molecule has 0 atom stereocenters. The molecule has 2 heterocycles. The number of hydrogen-bond acceptors (Lipinski definition) is 7. The van der Waals surface area contributed by atoms with Crippen LogP contribution < -0.4 is 24.0 Å². The summed E-state index contributed by atoms with van der Waals surface area (Å²) in [5.41, 5.74) is 1.98. The van der Waals surface area contributed by atoms with Gasteiger partial charge in [-0.15, -0.1) is 0 Å². The smallest absolute Gasteiger partial charge is 0.245 e. The van der Waals surface area contributed by atoms with Crippen LogP contribution in [0.25, 0.3) is 0 Å². The molecule has 1 fully saturated rings. The largest absolute Gasteiger partial charge is 0.454 e. The van der Waals surface area contributed by atoms with Gasteiger partial charge in [0.1, 0.15) is 6.54 Å². The predicted octanol–water partition coefficient (Wildman–Crippen LogP) is 1.66. The van der Waals surface area contributed by atoms with Gasteiger partial charge in [-0.3, -0.25) is 9.10 Å². The van der Waals surface area contributed by atoms with Crippen molar-refractivity contribution in [2.24, 2.45) is 0 Å². The van der Waals surface area contributed by atoms with E-state index in [2.05, 4.69) is 10.2 Å². The molecule has 160 valence electrons. The Morgan fingerprint density at radius 3 is 2.47 bits per heavy atom. The molecule has 2 aliphatic heterocycles. The van der Waals surface area contributed by atoms with Crippen LogP contribution in [0.5, 0.6) is 11.5 Å². The lowest BCUT2D eigenvalue weighted by Gasteiger charge is -2.29. The number of morpholine rings is 1. The SMILES string of the molecule is CS(=O)(=O)N(CC(=O)Nc1ccc(N2CCOCC2)cc1)c1ccc2c(c1)OCO2. The molecule has 30 heavy (non-hydrogen) atoms. The second-order valence-corrected chi connectivity index (χ2v) is 8.91. The van der Waals surface area contributed by atoms with Crippen LogP contribution in [0.4, 0.5) is 17.1 Å². The van der Waals surface area contributed by atoms with E-state index in [1.165, 1.54) is 0 Å². The third-order valence-electron chi connectivity index (χ3n) is 4.86. The van der Waals surface area contributed by atoms with E-state index in [4.69, 9.17) is 14.2 Å². The monoisotopic (exact) mass is 433 g/mol. The average molecular weight is 433 g/mol.